The van der Waals surface area contributed by atoms with Crippen LogP contribution in [0.15, 0.2) is 39.7 Å². The lowest BCUT2D eigenvalue weighted by molar-refractivity contribution is 0.171. The Kier molecular flexibility index (Phi) is 4.44. The molecule has 0 saturated carbocycles. The number of sulfonamides is 1. The average Bonchev–Trinajstić information content (AvgIpc) is 2.49. The van der Waals surface area contributed by atoms with Crippen molar-refractivity contribution < 1.29 is 17.9 Å². The number of ether oxygens (including phenoxy) is 2. The summed E-state index contributed by atoms with van der Waals surface area (Å²) >= 11 is 9.17. The number of hydrogen-bond acceptors (Lipinski definition) is 4. The highest BCUT2D eigenvalue weighted by Gasteiger charge is 2.23. The van der Waals surface area contributed by atoms with E-state index in [0.29, 0.717) is 39.9 Å². The molecule has 0 fully saturated rings. The topological polar surface area (TPSA) is 64.6 Å². The molecule has 0 spiro atoms. The first-order chi connectivity index (χ1) is 10.9. The molecule has 5 nitrogen and oxygen atoms in total. The summed E-state index contributed by atoms with van der Waals surface area (Å²) in [7, 11) is -3.79. The molecule has 23 heavy (non-hydrogen) atoms. The lowest BCUT2D eigenvalue weighted by Crippen LogP contribution is -2.18. The number of rotatable bonds is 3. The minimum atomic E-state index is -3.79. The first-order valence-electron chi connectivity index (χ1n) is 6.75. The summed E-state index contributed by atoms with van der Waals surface area (Å²) in [4.78, 5) is 0.0797. The van der Waals surface area contributed by atoms with Crippen LogP contribution in [-0.4, -0.2) is 21.6 Å². The van der Waals surface area contributed by atoms with Gasteiger partial charge in [0.25, 0.3) is 10.0 Å². The molecule has 0 amide bonds. The lowest BCUT2D eigenvalue weighted by Gasteiger charge is -2.20. The molecule has 1 aliphatic rings. The quantitative estimate of drug-likeness (QED) is 0.819. The van der Waals surface area contributed by atoms with Crippen LogP contribution in [0.4, 0.5) is 5.69 Å². The van der Waals surface area contributed by atoms with Crippen molar-refractivity contribution in [2.45, 2.75) is 11.8 Å². The first-order valence-corrected chi connectivity index (χ1v) is 9.40. The fourth-order valence-corrected chi connectivity index (χ4v) is 4.59. The molecule has 0 radical (unpaired) electrons. The second-order valence-corrected chi connectivity index (χ2v) is 7.93. The lowest BCUT2D eigenvalue weighted by atomic mass is 10.2. The van der Waals surface area contributed by atoms with Gasteiger partial charge in [-0.05, 0) is 52.7 Å². The summed E-state index contributed by atoms with van der Waals surface area (Å²) in [5.74, 6) is 0.928. The molecule has 3 rings (SSSR count). The van der Waals surface area contributed by atoms with Crippen LogP contribution >= 0.6 is 27.5 Å². The van der Waals surface area contributed by atoms with Crippen LogP contribution in [0, 0.1) is 6.92 Å². The Morgan fingerprint density at radius 1 is 1.13 bits per heavy atom. The maximum atomic E-state index is 12.7. The van der Waals surface area contributed by atoms with Gasteiger partial charge in [0.05, 0.1) is 5.69 Å². The molecule has 0 bridgehead atoms. The fourth-order valence-electron chi connectivity index (χ4n) is 2.19. The van der Waals surface area contributed by atoms with Crippen molar-refractivity contribution in [1.29, 1.82) is 0 Å². The molecule has 1 aliphatic heterocycles. The summed E-state index contributed by atoms with van der Waals surface area (Å²) in [6.07, 6.45) is 0. The smallest absolute Gasteiger partial charge is 0.263 e. The maximum absolute atomic E-state index is 12.7. The number of fused-ring (bicyclic) bond motifs is 1. The molecule has 2 aromatic carbocycles. The molecule has 0 unspecified atom stereocenters. The second kappa shape index (κ2) is 6.22. The fraction of sp³-hybridized carbons (Fsp3) is 0.200. The van der Waals surface area contributed by atoms with E-state index < -0.39 is 10.0 Å². The van der Waals surface area contributed by atoms with Crippen LogP contribution in [0.3, 0.4) is 0 Å². The average molecular weight is 419 g/mol. The van der Waals surface area contributed by atoms with E-state index in [1.807, 2.05) is 0 Å². The third-order valence-electron chi connectivity index (χ3n) is 3.32. The van der Waals surface area contributed by atoms with E-state index in [1.54, 1.807) is 31.2 Å². The summed E-state index contributed by atoms with van der Waals surface area (Å²) in [6, 6.07) is 7.99. The zero-order valence-electron chi connectivity index (χ0n) is 12.1. The Morgan fingerprint density at radius 3 is 2.43 bits per heavy atom. The third kappa shape index (κ3) is 3.41. The molecule has 8 heteroatoms. The predicted octanol–water partition coefficient (Wildman–Crippen LogP) is 3.98. The van der Waals surface area contributed by atoms with E-state index in [2.05, 4.69) is 20.7 Å². The molecule has 0 atom stereocenters. The van der Waals surface area contributed by atoms with Gasteiger partial charge in [0.2, 0.25) is 0 Å². The van der Waals surface area contributed by atoms with Gasteiger partial charge in [0, 0.05) is 15.6 Å². The van der Waals surface area contributed by atoms with Gasteiger partial charge in [0.1, 0.15) is 18.1 Å². The zero-order valence-corrected chi connectivity index (χ0v) is 15.3. The standard InChI is InChI=1S/C15H13BrClNO4S/c1-9-6-10(17)2-3-12(9)18-23(19,20)15-8-14-13(7-11(15)16)21-4-5-22-14/h2-3,6-8,18H,4-5H2,1H3. The first kappa shape index (κ1) is 16.4. The van der Waals surface area contributed by atoms with Gasteiger partial charge in [-0.3, -0.25) is 4.72 Å². The van der Waals surface area contributed by atoms with Crippen molar-refractivity contribution >= 4 is 43.2 Å². The summed E-state index contributed by atoms with van der Waals surface area (Å²) in [5, 5.41) is 0.547. The van der Waals surface area contributed by atoms with E-state index in [4.69, 9.17) is 21.1 Å². The van der Waals surface area contributed by atoms with E-state index in [1.165, 1.54) is 6.07 Å². The summed E-state index contributed by atoms with van der Waals surface area (Å²) in [5.41, 5.74) is 1.20. The minimum absolute atomic E-state index is 0.0797. The van der Waals surface area contributed by atoms with Gasteiger partial charge >= 0.3 is 0 Å². The molecule has 0 saturated heterocycles. The number of anilines is 1. The molecular weight excluding hydrogens is 406 g/mol. The van der Waals surface area contributed by atoms with Crippen molar-refractivity contribution in [2.75, 3.05) is 17.9 Å². The zero-order chi connectivity index (χ0) is 16.6. The van der Waals surface area contributed by atoms with Crippen molar-refractivity contribution in [1.82, 2.24) is 0 Å². The summed E-state index contributed by atoms with van der Waals surface area (Å²) in [6.45, 7) is 2.61. The Balaban J connectivity index is 1.99. The Morgan fingerprint density at radius 2 is 1.78 bits per heavy atom. The number of halogens is 2. The second-order valence-electron chi connectivity index (χ2n) is 4.99. The molecule has 1 heterocycles. The minimum Gasteiger partial charge on any atom is -0.486 e. The van der Waals surface area contributed by atoms with Crippen LogP contribution in [-0.2, 0) is 10.0 Å². The van der Waals surface area contributed by atoms with Crippen LogP contribution in [0.5, 0.6) is 11.5 Å². The highest BCUT2D eigenvalue weighted by molar-refractivity contribution is 9.10. The Bertz CT molecular complexity index is 870. The Labute approximate surface area is 147 Å². The van der Waals surface area contributed by atoms with Crippen LogP contribution < -0.4 is 14.2 Å². The van der Waals surface area contributed by atoms with Gasteiger partial charge in [0.15, 0.2) is 11.5 Å². The number of nitrogens with one attached hydrogen (secondary N) is 1. The van der Waals surface area contributed by atoms with Gasteiger partial charge < -0.3 is 9.47 Å². The largest absolute Gasteiger partial charge is 0.486 e. The van der Waals surface area contributed by atoms with E-state index in [9.17, 15) is 8.42 Å². The highest BCUT2D eigenvalue weighted by Crippen LogP contribution is 2.38. The maximum Gasteiger partial charge on any atom is 0.263 e. The van der Waals surface area contributed by atoms with E-state index in [-0.39, 0.29) is 4.90 Å². The van der Waals surface area contributed by atoms with Crippen molar-refractivity contribution in [3.8, 4) is 11.5 Å². The van der Waals surface area contributed by atoms with Gasteiger partial charge in [-0.15, -0.1) is 0 Å². The van der Waals surface area contributed by atoms with E-state index >= 15 is 0 Å². The van der Waals surface area contributed by atoms with Gasteiger partial charge in [-0.25, -0.2) is 8.42 Å². The Hall–Kier alpha value is -1.44. The van der Waals surface area contributed by atoms with Crippen molar-refractivity contribution in [2.24, 2.45) is 0 Å². The normalized spacial score (nSPS) is 13.7. The molecule has 0 aromatic heterocycles. The monoisotopic (exact) mass is 417 g/mol. The van der Waals surface area contributed by atoms with Gasteiger partial charge in [-0.1, -0.05) is 11.6 Å². The van der Waals surface area contributed by atoms with Crippen LogP contribution in [0.1, 0.15) is 5.56 Å². The number of hydrogen-bond donors (Lipinski definition) is 1. The van der Waals surface area contributed by atoms with E-state index in [0.717, 1.165) is 5.56 Å². The molecule has 122 valence electrons. The van der Waals surface area contributed by atoms with Gasteiger partial charge in [-0.2, -0.15) is 0 Å². The third-order valence-corrected chi connectivity index (χ3v) is 5.88. The SMILES string of the molecule is Cc1cc(Cl)ccc1NS(=O)(=O)c1cc2c(cc1Br)OCCO2. The number of benzene rings is 2. The molecule has 2 aromatic rings. The van der Waals surface area contributed by atoms with Crippen molar-refractivity contribution in [3.63, 3.8) is 0 Å². The van der Waals surface area contributed by atoms with Crippen LogP contribution in [0.2, 0.25) is 5.02 Å². The number of aryl methyl sites for hydroxylation is 1. The predicted molar refractivity (Wildman–Crippen MR) is 92.1 cm³/mol. The summed E-state index contributed by atoms with van der Waals surface area (Å²) < 4.78 is 39.2. The highest BCUT2D eigenvalue weighted by atomic mass is 79.9. The molecule has 0 aliphatic carbocycles. The van der Waals surface area contributed by atoms with Crippen LogP contribution in [0.25, 0.3) is 0 Å². The van der Waals surface area contributed by atoms with Crippen molar-refractivity contribution in [3.05, 3.63) is 45.4 Å². The molecule has 1 N–H and O–H groups in total. The molecular formula is C15H13BrClNO4S.